The number of benzene rings is 2. The summed E-state index contributed by atoms with van der Waals surface area (Å²) in [5, 5.41) is 13.6. The van der Waals surface area contributed by atoms with Crippen LogP contribution in [0.2, 0.25) is 0 Å². The van der Waals surface area contributed by atoms with Gasteiger partial charge in [0.2, 0.25) is 12.3 Å². The van der Waals surface area contributed by atoms with E-state index in [1.807, 2.05) is 61.1 Å². The lowest BCUT2D eigenvalue weighted by Crippen LogP contribution is -2.39. The van der Waals surface area contributed by atoms with Crippen LogP contribution in [0.1, 0.15) is 36.5 Å². The molecule has 0 aromatic heterocycles. The summed E-state index contributed by atoms with van der Waals surface area (Å²) in [7, 11) is 0. The molecule has 0 fully saturated rings. The molecule has 7 nitrogen and oxygen atoms in total. The van der Waals surface area contributed by atoms with Gasteiger partial charge < -0.3 is 15.7 Å². The van der Waals surface area contributed by atoms with Gasteiger partial charge in [0, 0.05) is 22.9 Å². The van der Waals surface area contributed by atoms with Crippen LogP contribution < -0.4 is 5.73 Å². The Morgan fingerprint density at radius 2 is 2.03 bits per heavy atom. The largest absolute Gasteiger partial charge is 0.508 e. The minimum atomic E-state index is -0.450. The fraction of sp³-hybridized carbons (Fsp3) is 0.250. The lowest BCUT2D eigenvalue weighted by atomic mass is 10.1. The van der Waals surface area contributed by atoms with Crippen molar-refractivity contribution in [3.63, 3.8) is 0 Å². The molecule has 2 amide bonds. The second-order valence-electron chi connectivity index (χ2n) is 7.29. The molecule has 0 spiro atoms. The van der Waals surface area contributed by atoms with Crippen LogP contribution >= 0.6 is 11.8 Å². The van der Waals surface area contributed by atoms with E-state index < -0.39 is 11.9 Å². The molecule has 0 saturated carbocycles. The SMILES string of the molecule is CCCC(C(N)=O)N1C=CSC(c2cccc(O)c2CN(C=O)OCc2ccccc2)=C1. The number of hydrogen-bond donors (Lipinski definition) is 2. The second-order valence-corrected chi connectivity index (χ2v) is 8.24. The van der Waals surface area contributed by atoms with Crippen LogP contribution in [0.25, 0.3) is 4.91 Å². The first-order valence-electron chi connectivity index (χ1n) is 10.4. The highest BCUT2D eigenvalue weighted by molar-refractivity contribution is 8.11. The van der Waals surface area contributed by atoms with Gasteiger partial charge in [-0.2, -0.15) is 0 Å². The Labute approximate surface area is 192 Å². The maximum absolute atomic E-state index is 11.9. The molecule has 3 N–H and O–H groups in total. The quantitative estimate of drug-likeness (QED) is 0.395. The van der Waals surface area contributed by atoms with Gasteiger partial charge in [0.1, 0.15) is 18.4 Å². The minimum absolute atomic E-state index is 0.0558. The van der Waals surface area contributed by atoms with Crippen LogP contribution in [-0.2, 0) is 27.6 Å². The number of nitrogens with zero attached hydrogens (tertiary/aromatic N) is 2. The monoisotopic (exact) mass is 453 g/mol. The van der Waals surface area contributed by atoms with Crippen molar-refractivity contribution in [1.82, 2.24) is 9.96 Å². The van der Waals surface area contributed by atoms with Crippen LogP contribution in [-0.4, -0.2) is 33.4 Å². The molecular formula is C24H27N3O4S. The zero-order valence-electron chi connectivity index (χ0n) is 17.9. The normalized spacial score (nSPS) is 14.0. The first kappa shape index (κ1) is 23.4. The van der Waals surface area contributed by atoms with Gasteiger partial charge in [0.05, 0.1) is 6.54 Å². The summed E-state index contributed by atoms with van der Waals surface area (Å²) < 4.78 is 0. The van der Waals surface area contributed by atoms with E-state index in [9.17, 15) is 14.7 Å². The number of aromatic hydroxyl groups is 1. The number of rotatable bonds is 11. The van der Waals surface area contributed by atoms with Crippen LogP contribution in [0.5, 0.6) is 5.75 Å². The van der Waals surface area contributed by atoms with E-state index in [-0.39, 0.29) is 18.9 Å². The predicted molar refractivity (Wildman–Crippen MR) is 125 cm³/mol. The van der Waals surface area contributed by atoms with Crippen molar-refractivity contribution in [3.8, 4) is 5.75 Å². The smallest absolute Gasteiger partial charge is 0.240 e. The average molecular weight is 454 g/mol. The van der Waals surface area contributed by atoms with Crippen molar-refractivity contribution in [2.24, 2.45) is 5.73 Å². The van der Waals surface area contributed by atoms with E-state index in [2.05, 4.69) is 0 Å². The summed E-state index contributed by atoms with van der Waals surface area (Å²) in [6.07, 6.45) is 5.72. The number of hydroxylamine groups is 2. The summed E-state index contributed by atoms with van der Waals surface area (Å²) in [6.45, 7) is 2.29. The Bertz CT molecular complexity index is 994. The number of primary amides is 1. The summed E-state index contributed by atoms with van der Waals surface area (Å²) in [6, 6.07) is 14.2. The van der Waals surface area contributed by atoms with Gasteiger partial charge in [0.15, 0.2) is 0 Å². The predicted octanol–water partition coefficient (Wildman–Crippen LogP) is 3.95. The lowest BCUT2D eigenvalue weighted by Gasteiger charge is -2.28. The van der Waals surface area contributed by atoms with E-state index in [1.54, 1.807) is 17.0 Å². The maximum atomic E-state index is 11.9. The highest BCUT2D eigenvalue weighted by Gasteiger charge is 2.23. The van der Waals surface area contributed by atoms with E-state index in [1.165, 1.54) is 11.8 Å². The third-order valence-corrected chi connectivity index (χ3v) is 5.87. The minimum Gasteiger partial charge on any atom is -0.508 e. The number of carbonyl (C=O) groups is 2. The third kappa shape index (κ3) is 5.93. The lowest BCUT2D eigenvalue weighted by molar-refractivity contribution is -0.181. The first-order chi connectivity index (χ1) is 15.5. The standard InChI is InChI=1S/C24H27N3O4S/c1-2-7-21(24(25)30)26-12-13-32-23(15-26)19-10-6-11-22(29)20(19)14-27(17-28)31-16-18-8-4-3-5-9-18/h3-6,8-13,15,17,21,29H,2,7,14,16H2,1H3,(H2,25,30). The zero-order chi connectivity index (χ0) is 22.9. The van der Waals surface area contributed by atoms with Crippen LogP contribution in [0, 0.1) is 0 Å². The fourth-order valence-electron chi connectivity index (χ4n) is 3.39. The average Bonchev–Trinajstić information content (AvgIpc) is 2.81. The van der Waals surface area contributed by atoms with Crippen molar-refractivity contribution in [3.05, 3.63) is 83.0 Å². The van der Waals surface area contributed by atoms with Gasteiger partial charge in [0.25, 0.3) is 0 Å². The van der Waals surface area contributed by atoms with E-state index in [0.717, 1.165) is 27.5 Å². The van der Waals surface area contributed by atoms with Crippen LogP contribution in [0.3, 0.4) is 0 Å². The van der Waals surface area contributed by atoms with Crippen molar-refractivity contribution < 1.29 is 19.5 Å². The van der Waals surface area contributed by atoms with Crippen LogP contribution in [0.15, 0.2) is 66.3 Å². The Balaban J connectivity index is 1.83. The molecule has 1 aliphatic heterocycles. The first-order valence-corrected chi connectivity index (χ1v) is 11.2. The number of hydrogen-bond acceptors (Lipinski definition) is 6. The van der Waals surface area contributed by atoms with Gasteiger partial charge in [-0.3, -0.25) is 14.4 Å². The number of phenols is 1. The molecule has 3 rings (SSSR count). The van der Waals surface area contributed by atoms with Crippen molar-refractivity contribution in [2.45, 2.75) is 39.0 Å². The number of nitrogens with two attached hydrogens (primary N) is 1. The van der Waals surface area contributed by atoms with Gasteiger partial charge >= 0.3 is 0 Å². The molecule has 8 heteroatoms. The van der Waals surface area contributed by atoms with Gasteiger partial charge in [-0.1, -0.05) is 67.6 Å². The number of amides is 2. The molecule has 168 valence electrons. The molecule has 32 heavy (non-hydrogen) atoms. The van der Waals surface area contributed by atoms with E-state index >= 15 is 0 Å². The molecule has 0 radical (unpaired) electrons. The van der Waals surface area contributed by atoms with Crippen molar-refractivity contribution in [2.75, 3.05) is 0 Å². The summed E-state index contributed by atoms with van der Waals surface area (Å²) in [5.41, 5.74) is 7.83. The van der Waals surface area contributed by atoms with Gasteiger partial charge in [-0.25, -0.2) is 5.06 Å². The molecule has 1 unspecified atom stereocenters. The third-order valence-electron chi connectivity index (χ3n) is 5.03. The molecule has 1 aliphatic rings. The van der Waals surface area contributed by atoms with Crippen LogP contribution in [0.4, 0.5) is 0 Å². The Hall–Kier alpha value is -3.23. The van der Waals surface area contributed by atoms with E-state index in [0.29, 0.717) is 18.4 Å². The molecule has 0 aliphatic carbocycles. The van der Waals surface area contributed by atoms with Crippen molar-refractivity contribution >= 4 is 29.0 Å². The Morgan fingerprint density at radius 1 is 1.25 bits per heavy atom. The highest BCUT2D eigenvalue weighted by atomic mass is 32.2. The molecule has 0 saturated heterocycles. The summed E-state index contributed by atoms with van der Waals surface area (Å²) in [4.78, 5) is 31.9. The topological polar surface area (TPSA) is 96.1 Å². The number of phenolic OH excluding ortho intramolecular Hbond substituents is 1. The molecule has 1 atom stereocenters. The van der Waals surface area contributed by atoms with Crippen molar-refractivity contribution in [1.29, 1.82) is 0 Å². The summed E-state index contributed by atoms with van der Waals surface area (Å²) >= 11 is 1.46. The van der Waals surface area contributed by atoms with E-state index in [4.69, 9.17) is 10.6 Å². The highest BCUT2D eigenvalue weighted by Crippen LogP contribution is 2.38. The maximum Gasteiger partial charge on any atom is 0.240 e. The molecule has 0 bridgehead atoms. The Morgan fingerprint density at radius 3 is 2.72 bits per heavy atom. The summed E-state index contributed by atoms with van der Waals surface area (Å²) in [5.74, 6) is -0.336. The van der Waals surface area contributed by atoms with Gasteiger partial charge in [-0.15, -0.1) is 0 Å². The van der Waals surface area contributed by atoms with Gasteiger partial charge in [-0.05, 0) is 29.0 Å². The fourth-order valence-corrected chi connectivity index (χ4v) is 4.24. The Kier molecular flexibility index (Phi) is 8.35. The molecule has 2 aromatic carbocycles. The molecular weight excluding hydrogens is 426 g/mol. The number of carbonyl (C=O) groups excluding carboxylic acids is 2. The zero-order valence-corrected chi connectivity index (χ0v) is 18.7. The number of thioether (sulfide) groups is 1. The second kappa shape index (κ2) is 11.4. The molecule has 2 aromatic rings. The molecule has 1 heterocycles.